The number of fused-ring (bicyclic) bond motifs is 1. The predicted octanol–water partition coefficient (Wildman–Crippen LogP) is 4.10. The third-order valence-electron chi connectivity index (χ3n) is 3.54. The molecule has 126 valence electrons. The fourth-order valence-corrected chi connectivity index (χ4v) is 2.88. The minimum absolute atomic E-state index is 0.169. The molecule has 0 aliphatic heterocycles. The molecule has 0 fully saturated rings. The maximum absolute atomic E-state index is 12.1. The van der Waals surface area contributed by atoms with Crippen molar-refractivity contribution in [3.05, 3.63) is 70.3 Å². The first-order valence-corrected chi connectivity index (χ1v) is 8.41. The lowest BCUT2D eigenvalue weighted by atomic mass is 10.2. The minimum Gasteiger partial charge on any atom is -0.451 e. The number of ether oxygens (including phenoxy) is 1. The molecule has 0 radical (unpaired) electrons. The first-order valence-electron chi connectivity index (χ1n) is 7.62. The number of rotatable bonds is 4. The number of para-hydroxylation sites is 1. The van der Waals surface area contributed by atoms with Gasteiger partial charge in [-0.25, -0.2) is 9.78 Å². The maximum atomic E-state index is 12.1. The van der Waals surface area contributed by atoms with Gasteiger partial charge in [-0.2, -0.15) is 0 Å². The molecule has 3 aromatic rings. The van der Waals surface area contributed by atoms with E-state index in [9.17, 15) is 9.59 Å². The van der Waals surface area contributed by atoms with Crippen LogP contribution >= 0.6 is 15.9 Å². The van der Waals surface area contributed by atoms with Crippen molar-refractivity contribution >= 4 is 44.4 Å². The average molecular weight is 399 g/mol. The summed E-state index contributed by atoms with van der Waals surface area (Å²) in [6.07, 6.45) is 0. The molecule has 1 N–H and O–H groups in total. The SMILES string of the molecule is Cc1ccc(NC(=O)COC(=O)c2ccc3ccccc3n2)c(Br)c1. The zero-order chi connectivity index (χ0) is 17.8. The number of aromatic nitrogens is 1. The van der Waals surface area contributed by atoms with E-state index in [1.807, 2.05) is 43.3 Å². The molecule has 0 bridgehead atoms. The Kier molecular flexibility index (Phi) is 5.09. The van der Waals surface area contributed by atoms with Gasteiger partial charge in [0.2, 0.25) is 0 Å². The molecular weight excluding hydrogens is 384 g/mol. The van der Waals surface area contributed by atoms with Gasteiger partial charge in [-0.05, 0) is 52.7 Å². The largest absolute Gasteiger partial charge is 0.451 e. The standard InChI is InChI=1S/C19H15BrN2O3/c1-12-6-8-16(14(20)10-12)22-18(23)11-25-19(24)17-9-7-13-4-2-3-5-15(13)21-17/h2-10H,11H2,1H3,(H,22,23). The van der Waals surface area contributed by atoms with Gasteiger partial charge in [0.1, 0.15) is 5.69 Å². The molecule has 0 spiro atoms. The van der Waals surface area contributed by atoms with Crippen LogP contribution in [0.1, 0.15) is 16.1 Å². The van der Waals surface area contributed by atoms with Crippen LogP contribution in [0.15, 0.2) is 59.1 Å². The molecule has 1 aromatic heterocycles. The third kappa shape index (κ3) is 4.22. The number of nitrogens with zero attached hydrogens (tertiary/aromatic N) is 1. The summed E-state index contributed by atoms with van der Waals surface area (Å²) >= 11 is 3.38. The normalized spacial score (nSPS) is 10.5. The van der Waals surface area contributed by atoms with Crippen LogP contribution in [-0.4, -0.2) is 23.5 Å². The molecule has 25 heavy (non-hydrogen) atoms. The molecule has 0 aliphatic carbocycles. The third-order valence-corrected chi connectivity index (χ3v) is 4.20. The fourth-order valence-electron chi connectivity index (χ4n) is 2.29. The van der Waals surface area contributed by atoms with E-state index in [0.29, 0.717) is 11.2 Å². The summed E-state index contributed by atoms with van der Waals surface area (Å²) in [4.78, 5) is 28.3. The van der Waals surface area contributed by atoms with Gasteiger partial charge in [-0.15, -0.1) is 0 Å². The highest BCUT2D eigenvalue weighted by atomic mass is 79.9. The summed E-state index contributed by atoms with van der Waals surface area (Å²) in [5.74, 6) is -1.05. The zero-order valence-corrected chi connectivity index (χ0v) is 15.0. The summed E-state index contributed by atoms with van der Waals surface area (Å²) < 4.78 is 5.81. The van der Waals surface area contributed by atoms with Gasteiger partial charge in [0.05, 0.1) is 11.2 Å². The quantitative estimate of drug-likeness (QED) is 0.671. The topological polar surface area (TPSA) is 68.3 Å². The molecule has 0 aliphatic rings. The number of anilines is 1. The van der Waals surface area contributed by atoms with Crippen molar-refractivity contribution in [1.29, 1.82) is 0 Å². The molecule has 2 aromatic carbocycles. The summed E-state index contributed by atoms with van der Waals surface area (Å²) in [6, 6.07) is 16.4. The highest BCUT2D eigenvalue weighted by molar-refractivity contribution is 9.10. The van der Waals surface area contributed by atoms with Gasteiger partial charge in [0.25, 0.3) is 5.91 Å². The predicted molar refractivity (Wildman–Crippen MR) is 99.5 cm³/mol. The lowest BCUT2D eigenvalue weighted by Crippen LogP contribution is -2.21. The van der Waals surface area contributed by atoms with E-state index >= 15 is 0 Å². The van der Waals surface area contributed by atoms with Gasteiger partial charge in [-0.3, -0.25) is 4.79 Å². The molecule has 0 unspecified atom stereocenters. The Bertz CT molecular complexity index is 956. The van der Waals surface area contributed by atoms with Gasteiger partial charge >= 0.3 is 5.97 Å². The number of aryl methyl sites for hydroxylation is 1. The smallest absolute Gasteiger partial charge is 0.357 e. The van der Waals surface area contributed by atoms with E-state index in [4.69, 9.17) is 4.74 Å². The molecule has 0 saturated heterocycles. The van der Waals surface area contributed by atoms with E-state index in [0.717, 1.165) is 15.4 Å². The summed E-state index contributed by atoms with van der Waals surface area (Å²) in [5.41, 5.74) is 2.56. The number of carbonyl (C=O) groups is 2. The number of hydrogen-bond acceptors (Lipinski definition) is 4. The summed E-state index contributed by atoms with van der Waals surface area (Å²) in [5, 5.41) is 3.62. The number of esters is 1. The highest BCUT2D eigenvalue weighted by Crippen LogP contribution is 2.23. The van der Waals surface area contributed by atoms with Crippen LogP contribution in [0.2, 0.25) is 0 Å². The Morgan fingerprint density at radius 1 is 1.12 bits per heavy atom. The second-order valence-corrected chi connectivity index (χ2v) is 6.35. The molecule has 5 nitrogen and oxygen atoms in total. The number of halogens is 1. The molecule has 0 atom stereocenters. The van der Waals surface area contributed by atoms with Crippen molar-refractivity contribution in [2.75, 3.05) is 11.9 Å². The van der Waals surface area contributed by atoms with Crippen LogP contribution in [-0.2, 0) is 9.53 Å². The van der Waals surface area contributed by atoms with Gasteiger partial charge in [-0.1, -0.05) is 30.3 Å². The molecular formula is C19H15BrN2O3. The van der Waals surface area contributed by atoms with Crippen molar-refractivity contribution < 1.29 is 14.3 Å². The zero-order valence-electron chi connectivity index (χ0n) is 13.5. The van der Waals surface area contributed by atoms with Crippen molar-refractivity contribution in [2.45, 2.75) is 6.92 Å². The molecule has 0 saturated carbocycles. The monoisotopic (exact) mass is 398 g/mol. The van der Waals surface area contributed by atoms with Crippen LogP contribution in [0.25, 0.3) is 10.9 Å². The number of nitrogens with one attached hydrogen (secondary N) is 1. The van der Waals surface area contributed by atoms with Crippen molar-refractivity contribution in [1.82, 2.24) is 4.98 Å². The van der Waals surface area contributed by atoms with Gasteiger partial charge in [0.15, 0.2) is 6.61 Å². The van der Waals surface area contributed by atoms with E-state index in [-0.39, 0.29) is 12.3 Å². The number of benzene rings is 2. The number of carbonyl (C=O) groups excluding carboxylic acids is 2. The first-order chi connectivity index (χ1) is 12.0. The molecule has 3 rings (SSSR count). The Labute approximate surface area is 153 Å². The minimum atomic E-state index is -0.635. The van der Waals surface area contributed by atoms with Gasteiger partial charge in [0, 0.05) is 9.86 Å². The fraction of sp³-hybridized carbons (Fsp3) is 0.105. The lowest BCUT2D eigenvalue weighted by Gasteiger charge is -2.09. The van der Waals surface area contributed by atoms with Crippen molar-refractivity contribution in [3.63, 3.8) is 0 Å². The Morgan fingerprint density at radius 3 is 2.72 bits per heavy atom. The summed E-state index contributed by atoms with van der Waals surface area (Å²) in [7, 11) is 0. The molecule has 1 amide bonds. The Morgan fingerprint density at radius 2 is 1.92 bits per heavy atom. The summed E-state index contributed by atoms with van der Waals surface area (Å²) in [6.45, 7) is 1.57. The van der Waals surface area contributed by atoms with E-state index in [1.165, 1.54) is 0 Å². The average Bonchev–Trinajstić information content (AvgIpc) is 2.61. The van der Waals surface area contributed by atoms with Crippen LogP contribution in [0.4, 0.5) is 5.69 Å². The number of hydrogen-bond donors (Lipinski definition) is 1. The van der Waals surface area contributed by atoms with Crippen LogP contribution in [0, 0.1) is 6.92 Å². The molecule has 6 heteroatoms. The van der Waals surface area contributed by atoms with Crippen molar-refractivity contribution in [2.24, 2.45) is 0 Å². The second kappa shape index (κ2) is 7.44. The van der Waals surface area contributed by atoms with Crippen LogP contribution in [0.5, 0.6) is 0 Å². The maximum Gasteiger partial charge on any atom is 0.357 e. The van der Waals surface area contributed by atoms with Crippen molar-refractivity contribution in [3.8, 4) is 0 Å². The van der Waals surface area contributed by atoms with E-state index in [2.05, 4.69) is 26.2 Å². The van der Waals surface area contributed by atoms with E-state index in [1.54, 1.807) is 18.2 Å². The van der Waals surface area contributed by atoms with Crippen LogP contribution < -0.4 is 5.32 Å². The second-order valence-electron chi connectivity index (χ2n) is 5.50. The van der Waals surface area contributed by atoms with Gasteiger partial charge < -0.3 is 10.1 Å². The Balaban J connectivity index is 1.61. The lowest BCUT2D eigenvalue weighted by molar-refractivity contribution is -0.119. The number of pyridine rings is 1. The van der Waals surface area contributed by atoms with E-state index < -0.39 is 11.9 Å². The van der Waals surface area contributed by atoms with Crippen LogP contribution in [0.3, 0.4) is 0 Å². The highest BCUT2D eigenvalue weighted by Gasteiger charge is 2.13. The first kappa shape index (κ1) is 17.1. The molecule has 1 heterocycles. The Hall–Kier alpha value is -2.73. The number of amides is 1.